The number of para-hydroxylation sites is 1. The van der Waals surface area contributed by atoms with E-state index in [0.29, 0.717) is 0 Å². The Kier molecular flexibility index (Phi) is 2.76. The molecule has 1 unspecified atom stereocenters. The normalized spacial score (nSPS) is 18.7. The summed E-state index contributed by atoms with van der Waals surface area (Å²) >= 11 is 0. The topological polar surface area (TPSA) is 32.3 Å². The third kappa shape index (κ3) is 2.01. The molecule has 0 bridgehead atoms. The SMILES string of the molecule is OC1Nc2ccccc2C1=Cc1cccc2ccccc12. The number of benzene rings is 3. The lowest BCUT2D eigenvalue weighted by Crippen LogP contribution is -2.12. The highest BCUT2D eigenvalue weighted by atomic mass is 16.3. The first-order valence-corrected chi connectivity index (χ1v) is 7.06. The number of aliphatic hydroxyl groups is 1. The summed E-state index contributed by atoms with van der Waals surface area (Å²) in [5.41, 5.74) is 4.09. The van der Waals surface area contributed by atoms with E-state index in [1.807, 2.05) is 36.4 Å². The molecule has 21 heavy (non-hydrogen) atoms. The van der Waals surface area contributed by atoms with Gasteiger partial charge >= 0.3 is 0 Å². The van der Waals surface area contributed by atoms with Crippen LogP contribution in [0.15, 0.2) is 66.7 Å². The van der Waals surface area contributed by atoms with Gasteiger partial charge in [0.15, 0.2) is 6.23 Å². The van der Waals surface area contributed by atoms with Gasteiger partial charge < -0.3 is 10.4 Å². The predicted molar refractivity (Wildman–Crippen MR) is 87.9 cm³/mol. The Labute approximate surface area is 123 Å². The summed E-state index contributed by atoms with van der Waals surface area (Å²) in [5.74, 6) is 0. The molecule has 102 valence electrons. The third-order valence-corrected chi connectivity index (χ3v) is 3.96. The van der Waals surface area contributed by atoms with Crippen molar-refractivity contribution >= 4 is 28.1 Å². The van der Waals surface area contributed by atoms with E-state index in [4.69, 9.17) is 0 Å². The Bertz CT molecular complexity index is 846. The van der Waals surface area contributed by atoms with Crippen molar-refractivity contribution in [2.45, 2.75) is 6.23 Å². The molecule has 0 saturated carbocycles. The monoisotopic (exact) mass is 273 g/mol. The molecule has 1 aliphatic rings. The van der Waals surface area contributed by atoms with Crippen molar-refractivity contribution in [3.63, 3.8) is 0 Å². The van der Waals surface area contributed by atoms with Crippen LogP contribution in [-0.4, -0.2) is 11.3 Å². The minimum atomic E-state index is -0.652. The van der Waals surface area contributed by atoms with E-state index in [1.54, 1.807) is 0 Å². The van der Waals surface area contributed by atoms with Gasteiger partial charge in [-0.15, -0.1) is 0 Å². The molecule has 2 N–H and O–H groups in total. The summed E-state index contributed by atoms with van der Waals surface area (Å²) in [6.45, 7) is 0. The van der Waals surface area contributed by atoms with Gasteiger partial charge in [-0.3, -0.25) is 0 Å². The quantitative estimate of drug-likeness (QED) is 0.699. The highest BCUT2D eigenvalue weighted by Gasteiger charge is 2.23. The Morgan fingerprint density at radius 3 is 2.57 bits per heavy atom. The number of aliphatic hydroxyl groups excluding tert-OH is 1. The lowest BCUT2D eigenvalue weighted by Gasteiger charge is -2.07. The summed E-state index contributed by atoms with van der Waals surface area (Å²) in [5, 5.41) is 15.8. The van der Waals surface area contributed by atoms with Crippen LogP contribution in [-0.2, 0) is 0 Å². The molecule has 4 rings (SSSR count). The zero-order valence-corrected chi connectivity index (χ0v) is 11.5. The Morgan fingerprint density at radius 1 is 0.857 bits per heavy atom. The van der Waals surface area contributed by atoms with Crippen molar-refractivity contribution in [1.82, 2.24) is 0 Å². The molecule has 2 nitrogen and oxygen atoms in total. The van der Waals surface area contributed by atoms with Gasteiger partial charge in [0.05, 0.1) is 0 Å². The predicted octanol–water partition coefficient (Wildman–Crippen LogP) is 4.12. The van der Waals surface area contributed by atoms with E-state index in [-0.39, 0.29) is 0 Å². The number of hydrogen-bond donors (Lipinski definition) is 2. The van der Waals surface area contributed by atoms with Gasteiger partial charge in [-0.05, 0) is 28.5 Å². The highest BCUT2D eigenvalue weighted by molar-refractivity contribution is 5.99. The maximum atomic E-state index is 10.3. The van der Waals surface area contributed by atoms with Crippen LogP contribution < -0.4 is 5.32 Å². The van der Waals surface area contributed by atoms with E-state index >= 15 is 0 Å². The van der Waals surface area contributed by atoms with E-state index in [1.165, 1.54) is 10.8 Å². The fraction of sp³-hybridized carbons (Fsp3) is 0.0526. The molecule has 0 radical (unpaired) electrons. The molecule has 3 aromatic rings. The molecule has 3 aromatic carbocycles. The van der Waals surface area contributed by atoms with E-state index in [9.17, 15) is 5.11 Å². The van der Waals surface area contributed by atoms with Gasteiger partial charge in [0.2, 0.25) is 0 Å². The molecule has 0 saturated heterocycles. The second-order valence-electron chi connectivity index (χ2n) is 5.26. The Hall–Kier alpha value is -2.58. The van der Waals surface area contributed by atoms with Crippen molar-refractivity contribution in [2.75, 3.05) is 5.32 Å². The maximum Gasteiger partial charge on any atom is 0.151 e. The molecule has 0 fully saturated rings. The molecule has 0 amide bonds. The lowest BCUT2D eigenvalue weighted by atomic mass is 9.99. The molecular weight excluding hydrogens is 258 g/mol. The maximum absolute atomic E-state index is 10.3. The second-order valence-corrected chi connectivity index (χ2v) is 5.26. The fourth-order valence-electron chi connectivity index (χ4n) is 2.93. The van der Waals surface area contributed by atoms with Gasteiger partial charge in [-0.1, -0.05) is 60.7 Å². The molecule has 1 atom stereocenters. The second kappa shape index (κ2) is 4.76. The van der Waals surface area contributed by atoms with Crippen molar-refractivity contribution in [3.05, 3.63) is 77.9 Å². The zero-order valence-electron chi connectivity index (χ0n) is 11.5. The van der Waals surface area contributed by atoms with Crippen LogP contribution in [0.25, 0.3) is 22.4 Å². The first-order valence-electron chi connectivity index (χ1n) is 7.06. The van der Waals surface area contributed by atoms with Crippen LogP contribution in [0.1, 0.15) is 11.1 Å². The van der Waals surface area contributed by atoms with Crippen LogP contribution in [0.4, 0.5) is 5.69 Å². The molecule has 1 aliphatic heterocycles. The number of fused-ring (bicyclic) bond motifs is 2. The number of rotatable bonds is 1. The molecule has 0 spiro atoms. The summed E-state index contributed by atoms with van der Waals surface area (Å²) in [6.07, 6.45) is 1.42. The molecule has 1 heterocycles. The average Bonchev–Trinajstić information content (AvgIpc) is 2.84. The first-order chi connectivity index (χ1) is 10.3. The number of hydrogen-bond acceptors (Lipinski definition) is 2. The zero-order chi connectivity index (χ0) is 14.2. The van der Waals surface area contributed by atoms with Crippen LogP contribution in [0.5, 0.6) is 0 Å². The number of anilines is 1. The van der Waals surface area contributed by atoms with E-state index in [0.717, 1.165) is 22.4 Å². The van der Waals surface area contributed by atoms with Crippen molar-refractivity contribution in [2.24, 2.45) is 0 Å². The first kappa shape index (κ1) is 12.2. The van der Waals surface area contributed by atoms with E-state index < -0.39 is 6.23 Å². The van der Waals surface area contributed by atoms with Gasteiger partial charge in [0.1, 0.15) is 0 Å². The standard InChI is InChI=1S/C19H15NO/c21-19-17(16-10-3-4-11-18(16)20-19)12-14-8-5-7-13-6-1-2-9-15(13)14/h1-12,19-21H. The summed E-state index contributed by atoms with van der Waals surface area (Å²) in [4.78, 5) is 0. The van der Waals surface area contributed by atoms with Crippen molar-refractivity contribution < 1.29 is 5.11 Å². The molecular formula is C19H15NO. The van der Waals surface area contributed by atoms with E-state index in [2.05, 4.69) is 41.7 Å². The molecule has 2 heteroatoms. The number of nitrogens with one attached hydrogen (secondary N) is 1. The summed E-state index contributed by atoms with van der Waals surface area (Å²) in [7, 11) is 0. The van der Waals surface area contributed by atoms with Crippen LogP contribution >= 0.6 is 0 Å². The van der Waals surface area contributed by atoms with Crippen LogP contribution in [0.2, 0.25) is 0 Å². The van der Waals surface area contributed by atoms with Gasteiger partial charge in [-0.25, -0.2) is 0 Å². The summed E-state index contributed by atoms with van der Waals surface area (Å²) < 4.78 is 0. The fourth-order valence-corrected chi connectivity index (χ4v) is 2.93. The van der Waals surface area contributed by atoms with Gasteiger partial charge in [-0.2, -0.15) is 0 Å². The minimum absolute atomic E-state index is 0.652. The molecule has 0 aliphatic carbocycles. The van der Waals surface area contributed by atoms with Crippen LogP contribution in [0, 0.1) is 0 Å². The smallest absolute Gasteiger partial charge is 0.151 e. The lowest BCUT2D eigenvalue weighted by molar-refractivity contribution is 0.266. The van der Waals surface area contributed by atoms with Crippen LogP contribution in [0.3, 0.4) is 0 Å². The Balaban J connectivity index is 1.91. The highest BCUT2D eigenvalue weighted by Crippen LogP contribution is 2.36. The summed E-state index contributed by atoms with van der Waals surface area (Å²) in [6, 6.07) is 22.5. The molecule has 0 aromatic heterocycles. The van der Waals surface area contributed by atoms with Gasteiger partial charge in [0.25, 0.3) is 0 Å². The van der Waals surface area contributed by atoms with Crippen molar-refractivity contribution in [1.29, 1.82) is 0 Å². The van der Waals surface area contributed by atoms with Crippen molar-refractivity contribution in [3.8, 4) is 0 Å². The Morgan fingerprint density at radius 2 is 1.62 bits per heavy atom. The average molecular weight is 273 g/mol. The van der Waals surface area contributed by atoms with Gasteiger partial charge in [0, 0.05) is 16.8 Å². The largest absolute Gasteiger partial charge is 0.369 e. The minimum Gasteiger partial charge on any atom is -0.369 e. The third-order valence-electron chi connectivity index (χ3n) is 3.96.